The van der Waals surface area contributed by atoms with Gasteiger partial charge in [0.2, 0.25) is 5.91 Å². The van der Waals surface area contributed by atoms with Crippen LogP contribution in [-0.4, -0.2) is 15.7 Å². The second-order valence-corrected chi connectivity index (χ2v) is 4.47. The van der Waals surface area contributed by atoms with Gasteiger partial charge in [-0.15, -0.1) is 0 Å². The van der Waals surface area contributed by atoms with Gasteiger partial charge in [0.15, 0.2) is 0 Å². The molecule has 4 nitrogen and oxygen atoms in total. The molecule has 1 N–H and O–H groups in total. The lowest BCUT2D eigenvalue weighted by Gasteiger charge is -2.12. The zero-order valence-electron chi connectivity index (χ0n) is 10.0. The van der Waals surface area contributed by atoms with Crippen LogP contribution in [-0.2, 0) is 4.79 Å². The van der Waals surface area contributed by atoms with Gasteiger partial charge in [-0.1, -0.05) is 23.7 Å². The Balaban J connectivity index is 1.95. The molecule has 0 aliphatic rings. The highest BCUT2D eigenvalue weighted by atomic mass is 35.5. The van der Waals surface area contributed by atoms with Crippen LogP contribution in [0.3, 0.4) is 0 Å². The van der Waals surface area contributed by atoms with Gasteiger partial charge in [-0.25, -0.2) is 0 Å². The van der Waals surface area contributed by atoms with Gasteiger partial charge < -0.3 is 5.32 Å². The smallest absolute Gasteiger partial charge is 0.226 e. The van der Waals surface area contributed by atoms with Crippen molar-refractivity contribution < 1.29 is 4.79 Å². The quantitative estimate of drug-likeness (QED) is 0.921. The number of anilines is 1. The summed E-state index contributed by atoms with van der Waals surface area (Å²) in [4.78, 5) is 11.9. The molecule has 0 saturated carbocycles. The lowest BCUT2D eigenvalue weighted by molar-refractivity contribution is -0.116. The van der Waals surface area contributed by atoms with Crippen LogP contribution in [0.4, 0.5) is 5.69 Å². The Labute approximate surface area is 111 Å². The van der Waals surface area contributed by atoms with E-state index < -0.39 is 0 Å². The standard InChI is InChI=1S/C13H14ClN3O/c1-10(17-8-4-7-15-17)9-13(18)16-12-6-3-2-5-11(12)14/h2-8,10H,9H2,1H3,(H,16,18)/t10-/m0/s1. The number of carbonyl (C=O) groups excluding carboxylic acids is 1. The molecule has 1 atom stereocenters. The van der Waals surface area contributed by atoms with Crippen LogP contribution in [0.1, 0.15) is 19.4 Å². The number of nitrogens with zero attached hydrogens (tertiary/aromatic N) is 2. The number of aromatic nitrogens is 2. The Bertz CT molecular complexity index is 525. The summed E-state index contributed by atoms with van der Waals surface area (Å²) in [6.07, 6.45) is 3.89. The summed E-state index contributed by atoms with van der Waals surface area (Å²) in [7, 11) is 0. The largest absolute Gasteiger partial charge is 0.325 e. The van der Waals surface area contributed by atoms with Gasteiger partial charge in [-0.3, -0.25) is 9.48 Å². The average molecular weight is 264 g/mol. The van der Waals surface area contributed by atoms with Crippen molar-refractivity contribution in [2.24, 2.45) is 0 Å². The first kappa shape index (κ1) is 12.6. The summed E-state index contributed by atoms with van der Waals surface area (Å²) in [6.45, 7) is 1.94. The van der Waals surface area contributed by atoms with E-state index >= 15 is 0 Å². The van der Waals surface area contributed by atoms with E-state index in [0.717, 1.165) is 0 Å². The van der Waals surface area contributed by atoms with Gasteiger partial charge in [0.25, 0.3) is 0 Å². The topological polar surface area (TPSA) is 46.9 Å². The molecule has 1 aromatic heterocycles. The van der Waals surface area contributed by atoms with Crippen molar-refractivity contribution in [3.05, 3.63) is 47.7 Å². The number of nitrogens with one attached hydrogen (secondary N) is 1. The Kier molecular flexibility index (Phi) is 3.99. The molecule has 2 rings (SSSR count). The molecule has 1 aromatic carbocycles. The first-order valence-corrected chi connectivity index (χ1v) is 6.08. The number of carbonyl (C=O) groups is 1. The van der Waals surface area contributed by atoms with Gasteiger partial charge in [0.1, 0.15) is 0 Å². The SMILES string of the molecule is C[C@@H](CC(=O)Nc1ccccc1Cl)n1cccn1. The van der Waals surface area contributed by atoms with Crippen molar-refractivity contribution in [2.45, 2.75) is 19.4 Å². The Morgan fingerprint density at radius 3 is 2.89 bits per heavy atom. The molecular formula is C13H14ClN3O. The molecule has 1 heterocycles. The molecule has 1 amide bonds. The zero-order chi connectivity index (χ0) is 13.0. The molecule has 0 unspecified atom stereocenters. The third kappa shape index (κ3) is 3.11. The lowest BCUT2D eigenvalue weighted by atomic mass is 10.2. The van der Waals surface area contributed by atoms with Crippen LogP contribution in [0.2, 0.25) is 5.02 Å². The highest BCUT2D eigenvalue weighted by Gasteiger charge is 2.11. The molecule has 18 heavy (non-hydrogen) atoms. The molecule has 94 valence electrons. The number of halogens is 1. The monoisotopic (exact) mass is 263 g/mol. The molecule has 5 heteroatoms. The van der Waals surface area contributed by atoms with E-state index in [1.165, 1.54) is 0 Å². The number of hydrogen-bond donors (Lipinski definition) is 1. The van der Waals surface area contributed by atoms with Crippen LogP contribution in [0.25, 0.3) is 0 Å². The van der Waals surface area contributed by atoms with Crippen molar-refractivity contribution in [1.82, 2.24) is 9.78 Å². The summed E-state index contributed by atoms with van der Waals surface area (Å²) in [5.74, 6) is -0.0777. The third-order valence-corrected chi connectivity index (χ3v) is 2.93. The highest BCUT2D eigenvalue weighted by Crippen LogP contribution is 2.21. The molecule has 0 aliphatic carbocycles. The summed E-state index contributed by atoms with van der Waals surface area (Å²) >= 11 is 5.97. The second-order valence-electron chi connectivity index (χ2n) is 4.07. The minimum absolute atomic E-state index is 0.0162. The summed E-state index contributed by atoms with van der Waals surface area (Å²) in [5.41, 5.74) is 0.636. The van der Waals surface area contributed by atoms with E-state index in [1.54, 1.807) is 23.0 Å². The molecule has 0 bridgehead atoms. The molecule has 0 aliphatic heterocycles. The van der Waals surface area contributed by atoms with Gasteiger partial charge in [0.05, 0.1) is 16.8 Å². The number of para-hydroxylation sites is 1. The van der Waals surface area contributed by atoms with E-state index in [0.29, 0.717) is 17.1 Å². The summed E-state index contributed by atoms with van der Waals surface area (Å²) < 4.78 is 1.76. The van der Waals surface area contributed by atoms with Crippen molar-refractivity contribution in [1.29, 1.82) is 0 Å². The van der Waals surface area contributed by atoms with Crippen LogP contribution in [0, 0.1) is 0 Å². The maximum absolute atomic E-state index is 11.9. The van der Waals surface area contributed by atoms with Crippen molar-refractivity contribution in [2.75, 3.05) is 5.32 Å². The molecule has 0 spiro atoms. The zero-order valence-corrected chi connectivity index (χ0v) is 10.8. The summed E-state index contributed by atoms with van der Waals surface area (Å²) in [6, 6.07) is 9.03. The number of amides is 1. The Morgan fingerprint density at radius 2 is 2.22 bits per heavy atom. The predicted molar refractivity (Wildman–Crippen MR) is 71.6 cm³/mol. The van der Waals surface area contributed by atoms with Crippen LogP contribution in [0.15, 0.2) is 42.7 Å². The van der Waals surface area contributed by atoms with E-state index in [9.17, 15) is 4.79 Å². The maximum atomic E-state index is 11.9. The molecule has 2 aromatic rings. The average Bonchev–Trinajstić information content (AvgIpc) is 2.85. The van der Waals surface area contributed by atoms with Crippen molar-refractivity contribution in [3.8, 4) is 0 Å². The first-order valence-electron chi connectivity index (χ1n) is 5.70. The number of rotatable bonds is 4. The predicted octanol–water partition coefficient (Wildman–Crippen LogP) is 3.13. The van der Waals surface area contributed by atoms with E-state index in [1.807, 2.05) is 31.3 Å². The minimum Gasteiger partial charge on any atom is -0.325 e. The normalized spacial score (nSPS) is 12.1. The van der Waals surface area contributed by atoms with Gasteiger partial charge in [-0.2, -0.15) is 5.10 Å². The Morgan fingerprint density at radius 1 is 1.44 bits per heavy atom. The van der Waals surface area contributed by atoms with E-state index in [-0.39, 0.29) is 11.9 Å². The fourth-order valence-electron chi connectivity index (χ4n) is 1.67. The van der Waals surface area contributed by atoms with Gasteiger partial charge >= 0.3 is 0 Å². The highest BCUT2D eigenvalue weighted by molar-refractivity contribution is 6.33. The Hall–Kier alpha value is -1.81. The van der Waals surface area contributed by atoms with E-state index in [2.05, 4.69) is 10.4 Å². The summed E-state index contributed by atoms with van der Waals surface area (Å²) in [5, 5.41) is 7.43. The molecular weight excluding hydrogens is 250 g/mol. The van der Waals surface area contributed by atoms with Crippen LogP contribution in [0.5, 0.6) is 0 Å². The fourth-order valence-corrected chi connectivity index (χ4v) is 1.85. The van der Waals surface area contributed by atoms with Gasteiger partial charge in [-0.05, 0) is 25.1 Å². The number of benzene rings is 1. The third-order valence-electron chi connectivity index (χ3n) is 2.61. The fraction of sp³-hybridized carbons (Fsp3) is 0.231. The first-order chi connectivity index (χ1) is 8.66. The number of hydrogen-bond acceptors (Lipinski definition) is 2. The van der Waals surface area contributed by atoms with Crippen molar-refractivity contribution >= 4 is 23.2 Å². The molecule has 0 fully saturated rings. The van der Waals surface area contributed by atoms with E-state index in [4.69, 9.17) is 11.6 Å². The molecule has 0 radical (unpaired) electrons. The maximum Gasteiger partial charge on any atom is 0.226 e. The lowest BCUT2D eigenvalue weighted by Crippen LogP contribution is -2.18. The van der Waals surface area contributed by atoms with Crippen LogP contribution >= 0.6 is 11.6 Å². The van der Waals surface area contributed by atoms with Crippen LogP contribution < -0.4 is 5.32 Å². The van der Waals surface area contributed by atoms with Crippen molar-refractivity contribution in [3.63, 3.8) is 0 Å². The molecule has 0 saturated heterocycles. The minimum atomic E-state index is -0.0777. The second kappa shape index (κ2) is 5.69. The van der Waals surface area contributed by atoms with Gasteiger partial charge in [0, 0.05) is 18.8 Å².